The molecule has 2 aliphatic rings. The van der Waals surface area contributed by atoms with Gasteiger partial charge < -0.3 is 14.7 Å². The minimum absolute atomic E-state index is 0.0368. The molecule has 1 spiro atoms. The fourth-order valence-corrected chi connectivity index (χ4v) is 5.18. The first kappa shape index (κ1) is 22.3. The summed E-state index contributed by atoms with van der Waals surface area (Å²) in [6.45, 7) is 3.79. The minimum Gasteiger partial charge on any atom is -0.360 e. The summed E-state index contributed by atoms with van der Waals surface area (Å²) in [4.78, 5) is 32.0. The molecule has 2 fully saturated rings. The molecule has 3 heterocycles. The first-order chi connectivity index (χ1) is 16.6. The van der Waals surface area contributed by atoms with E-state index in [1.54, 1.807) is 19.3 Å². The van der Waals surface area contributed by atoms with Crippen LogP contribution in [0.1, 0.15) is 47.4 Å². The van der Waals surface area contributed by atoms with Crippen molar-refractivity contribution in [2.24, 2.45) is 11.3 Å². The Hall–Kier alpha value is -3.48. The van der Waals surface area contributed by atoms with E-state index < -0.39 is 0 Å². The molecule has 0 radical (unpaired) electrons. The molecule has 34 heavy (non-hydrogen) atoms. The number of aryl methyl sites for hydroxylation is 2. The zero-order chi connectivity index (χ0) is 23.5. The third kappa shape index (κ3) is 4.47. The summed E-state index contributed by atoms with van der Waals surface area (Å²) in [7, 11) is 0. The zero-order valence-electron chi connectivity index (χ0n) is 19.5. The summed E-state index contributed by atoms with van der Waals surface area (Å²) in [6.07, 6.45) is 8.09. The Labute approximate surface area is 199 Å². The predicted molar refractivity (Wildman–Crippen MR) is 128 cm³/mol. The Kier molecular flexibility index (Phi) is 6.18. The highest BCUT2D eigenvalue weighted by molar-refractivity contribution is 6.00. The Balaban J connectivity index is 1.13. The second-order valence-electron chi connectivity index (χ2n) is 9.49. The first-order valence-electron chi connectivity index (χ1n) is 12.0. The van der Waals surface area contributed by atoms with E-state index in [1.807, 2.05) is 47.4 Å². The standard InChI is InChI=1S/C27H30N4O3/c1-19-23(24(30-34-19)21-7-3-2-4-8-21)26(33)31-16-11-27(12-17-31)18-22(27)25(32)29-13-5-6-20-9-14-28-15-10-20/h2-4,7-10,14-15,22H,5-6,11-13,16-18H2,1H3,(H,29,32). The number of likely N-dealkylation sites (tertiary alicyclic amines) is 1. The maximum absolute atomic E-state index is 13.4. The van der Waals surface area contributed by atoms with Crippen molar-refractivity contribution in [3.63, 3.8) is 0 Å². The van der Waals surface area contributed by atoms with Crippen LogP contribution >= 0.6 is 0 Å². The van der Waals surface area contributed by atoms with Crippen LogP contribution in [0.5, 0.6) is 0 Å². The summed E-state index contributed by atoms with van der Waals surface area (Å²) < 4.78 is 5.39. The third-order valence-corrected chi connectivity index (χ3v) is 7.37. The average Bonchev–Trinajstić information content (AvgIpc) is 3.43. The van der Waals surface area contributed by atoms with E-state index in [9.17, 15) is 9.59 Å². The Morgan fingerprint density at radius 2 is 1.85 bits per heavy atom. The number of hydrogen-bond acceptors (Lipinski definition) is 5. The molecule has 1 N–H and O–H groups in total. The number of carbonyl (C=O) groups excluding carboxylic acids is 2. The molecule has 2 aromatic heterocycles. The van der Waals surface area contributed by atoms with Crippen LogP contribution in [0.4, 0.5) is 0 Å². The summed E-state index contributed by atoms with van der Waals surface area (Å²) >= 11 is 0. The van der Waals surface area contributed by atoms with Crippen LogP contribution in [0.3, 0.4) is 0 Å². The number of benzene rings is 1. The number of nitrogens with zero attached hydrogens (tertiary/aromatic N) is 3. The van der Waals surface area contributed by atoms with E-state index in [0.29, 0.717) is 36.7 Å². The average molecular weight is 459 g/mol. The number of pyridine rings is 1. The van der Waals surface area contributed by atoms with Crippen LogP contribution in [0.2, 0.25) is 0 Å². The highest BCUT2D eigenvalue weighted by Crippen LogP contribution is 2.59. The topological polar surface area (TPSA) is 88.3 Å². The van der Waals surface area contributed by atoms with Crippen molar-refractivity contribution in [1.82, 2.24) is 20.4 Å². The van der Waals surface area contributed by atoms with Gasteiger partial charge in [-0.2, -0.15) is 0 Å². The zero-order valence-corrected chi connectivity index (χ0v) is 19.5. The normalized spacial score (nSPS) is 18.6. The van der Waals surface area contributed by atoms with Crippen LogP contribution in [0.25, 0.3) is 11.3 Å². The monoisotopic (exact) mass is 458 g/mol. The predicted octanol–water partition coefficient (Wildman–Crippen LogP) is 4.04. The second kappa shape index (κ2) is 9.41. The van der Waals surface area contributed by atoms with Gasteiger partial charge in [0.2, 0.25) is 5.91 Å². The van der Waals surface area contributed by atoms with Gasteiger partial charge in [-0.25, -0.2) is 0 Å². The van der Waals surface area contributed by atoms with Gasteiger partial charge in [-0.05, 0) is 62.1 Å². The molecule has 1 saturated heterocycles. The fraction of sp³-hybridized carbons (Fsp3) is 0.407. The molecular weight excluding hydrogens is 428 g/mol. The number of amides is 2. The van der Waals surface area contributed by atoms with Crippen molar-refractivity contribution in [2.45, 2.75) is 39.0 Å². The number of piperidine rings is 1. The van der Waals surface area contributed by atoms with Gasteiger partial charge in [-0.1, -0.05) is 35.5 Å². The molecule has 0 bridgehead atoms. The van der Waals surface area contributed by atoms with E-state index in [2.05, 4.69) is 15.5 Å². The Morgan fingerprint density at radius 1 is 1.12 bits per heavy atom. The lowest BCUT2D eigenvalue weighted by Gasteiger charge is -2.33. The molecule has 3 aromatic rings. The number of rotatable bonds is 7. The number of carbonyl (C=O) groups is 2. The van der Waals surface area contributed by atoms with E-state index in [0.717, 1.165) is 37.7 Å². The number of nitrogens with one attached hydrogen (secondary N) is 1. The highest BCUT2D eigenvalue weighted by atomic mass is 16.5. The van der Waals surface area contributed by atoms with E-state index >= 15 is 0 Å². The van der Waals surface area contributed by atoms with Gasteiger partial charge in [0.15, 0.2) is 0 Å². The maximum Gasteiger partial charge on any atom is 0.259 e. The van der Waals surface area contributed by atoms with Gasteiger partial charge in [0.05, 0.1) is 0 Å². The van der Waals surface area contributed by atoms with Gasteiger partial charge in [-0.3, -0.25) is 14.6 Å². The summed E-state index contributed by atoms with van der Waals surface area (Å²) in [5.74, 6) is 0.739. The fourth-order valence-electron chi connectivity index (χ4n) is 5.18. The second-order valence-corrected chi connectivity index (χ2v) is 9.49. The van der Waals surface area contributed by atoms with Crippen molar-refractivity contribution >= 4 is 11.8 Å². The van der Waals surface area contributed by atoms with E-state index in [4.69, 9.17) is 4.52 Å². The summed E-state index contributed by atoms with van der Waals surface area (Å²) in [5.41, 5.74) is 3.31. The maximum atomic E-state index is 13.4. The molecule has 7 heteroatoms. The van der Waals surface area contributed by atoms with Crippen LogP contribution in [-0.4, -0.2) is 46.5 Å². The van der Waals surface area contributed by atoms with Gasteiger partial charge in [0, 0.05) is 43.5 Å². The van der Waals surface area contributed by atoms with E-state index in [-0.39, 0.29) is 23.1 Å². The number of hydrogen-bond donors (Lipinski definition) is 1. The van der Waals surface area contributed by atoms with Crippen molar-refractivity contribution in [3.8, 4) is 11.3 Å². The lowest BCUT2D eigenvalue weighted by Crippen LogP contribution is -2.41. The largest absolute Gasteiger partial charge is 0.360 e. The Morgan fingerprint density at radius 3 is 2.59 bits per heavy atom. The molecule has 1 atom stereocenters. The van der Waals surface area contributed by atoms with Gasteiger partial charge in [0.25, 0.3) is 5.91 Å². The van der Waals surface area contributed by atoms with Crippen LogP contribution < -0.4 is 5.32 Å². The highest BCUT2D eigenvalue weighted by Gasteiger charge is 2.58. The third-order valence-electron chi connectivity index (χ3n) is 7.37. The molecular formula is C27H30N4O3. The Bertz CT molecular complexity index is 1150. The minimum atomic E-state index is -0.0368. The summed E-state index contributed by atoms with van der Waals surface area (Å²) in [5, 5.41) is 7.27. The van der Waals surface area contributed by atoms with Crippen LogP contribution in [-0.2, 0) is 11.2 Å². The van der Waals surface area contributed by atoms with Crippen molar-refractivity contribution in [1.29, 1.82) is 0 Å². The molecule has 5 rings (SSSR count). The van der Waals surface area contributed by atoms with Crippen LogP contribution in [0.15, 0.2) is 59.4 Å². The van der Waals surface area contributed by atoms with Gasteiger partial charge in [-0.15, -0.1) is 0 Å². The van der Waals surface area contributed by atoms with Gasteiger partial charge >= 0.3 is 0 Å². The molecule has 1 aliphatic heterocycles. The molecule has 176 valence electrons. The molecule has 1 aliphatic carbocycles. The lowest BCUT2D eigenvalue weighted by molar-refractivity contribution is -0.123. The first-order valence-corrected chi connectivity index (χ1v) is 12.0. The molecule has 1 unspecified atom stereocenters. The SMILES string of the molecule is Cc1onc(-c2ccccc2)c1C(=O)N1CCC2(CC1)CC2C(=O)NCCCc1ccncc1. The molecule has 1 aromatic carbocycles. The summed E-state index contributed by atoms with van der Waals surface area (Å²) in [6, 6.07) is 13.7. The molecule has 1 saturated carbocycles. The molecule has 2 amide bonds. The quantitative estimate of drug-likeness (QED) is 0.540. The molecule has 7 nitrogen and oxygen atoms in total. The lowest BCUT2D eigenvalue weighted by atomic mass is 9.90. The van der Waals surface area contributed by atoms with Crippen molar-refractivity contribution in [2.75, 3.05) is 19.6 Å². The smallest absolute Gasteiger partial charge is 0.259 e. The van der Waals surface area contributed by atoms with Crippen molar-refractivity contribution < 1.29 is 14.1 Å². The van der Waals surface area contributed by atoms with Gasteiger partial charge in [0.1, 0.15) is 17.0 Å². The van der Waals surface area contributed by atoms with Crippen molar-refractivity contribution in [3.05, 3.63) is 71.7 Å². The van der Waals surface area contributed by atoms with Crippen LogP contribution in [0, 0.1) is 18.3 Å². The number of aromatic nitrogens is 2. The van der Waals surface area contributed by atoms with E-state index in [1.165, 1.54) is 5.56 Å².